The molecule has 0 fully saturated rings. The molecule has 0 atom stereocenters. The molecule has 1 N–H and O–H groups in total. The van der Waals surface area contributed by atoms with E-state index in [1.807, 2.05) is 44.3 Å². The fraction of sp³-hybridized carbons (Fsp3) is 0.133. The van der Waals surface area contributed by atoms with E-state index in [-0.39, 0.29) is 0 Å². The second kappa shape index (κ2) is 5.17. The number of hydrogen-bond acceptors (Lipinski definition) is 4. The Bertz CT molecular complexity index is 786. The Kier molecular flexibility index (Phi) is 3.36. The van der Waals surface area contributed by atoms with Gasteiger partial charge in [0.25, 0.3) is 0 Å². The molecular formula is C15H13BrN4. The van der Waals surface area contributed by atoms with Crippen LogP contribution in [0.5, 0.6) is 0 Å². The van der Waals surface area contributed by atoms with Crippen molar-refractivity contribution in [3.05, 3.63) is 46.7 Å². The van der Waals surface area contributed by atoms with Gasteiger partial charge in [-0.2, -0.15) is 0 Å². The van der Waals surface area contributed by atoms with Crippen LogP contribution in [0.2, 0.25) is 0 Å². The lowest BCUT2D eigenvalue weighted by Gasteiger charge is -2.08. The van der Waals surface area contributed by atoms with E-state index in [2.05, 4.69) is 36.2 Å². The second-order valence-corrected chi connectivity index (χ2v) is 5.32. The van der Waals surface area contributed by atoms with Gasteiger partial charge in [-0.3, -0.25) is 4.98 Å². The van der Waals surface area contributed by atoms with E-state index >= 15 is 0 Å². The SMILES string of the molecule is CNc1cc(C)nc(-c2ccc(Br)c3cccnc23)n1. The van der Waals surface area contributed by atoms with Crippen LogP contribution in [0.3, 0.4) is 0 Å². The van der Waals surface area contributed by atoms with E-state index in [0.717, 1.165) is 32.5 Å². The van der Waals surface area contributed by atoms with E-state index in [9.17, 15) is 0 Å². The summed E-state index contributed by atoms with van der Waals surface area (Å²) < 4.78 is 1.02. The van der Waals surface area contributed by atoms with Gasteiger partial charge in [0.15, 0.2) is 5.82 Å². The molecule has 0 aliphatic carbocycles. The van der Waals surface area contributed by atoms with Crippen LogP contribution < -0.4 is 5.32 Å². The molecule has 2 heterocycles. The first-order chi connectivity index (χ1) is 9.69. The zero-order valence-electron chi connectivity index (χ0n) is 11.2. The Labute approximate surface area is 125 Å². The van der Waals surface area contributed by atoms with Crippen molar-refractivity contribution in [1.29, 1.82) is 0 Å². The Morgan fingerprint density at radius 1 is 1.15 bits per heavy atom. The van der Waals surface area contributed by atoms with Crippen molar-refractivity contribution in [2.45, 2.75) is 6.92 Å². The molecule has 20 heavy (non-hydrogen) atoms. The van der Waals surface area contributed by atoms with Crippen LogP contribution in [0, 0.1) is 6.92 Å². The minimum absolute atomic E-state index is 0.686. The summed E-state index contributed by atoms with van der Waals surface area (Å²) in [5.41, 5.74) is 2.75. The lowest BCUT2D eigenvalue weighted by Crippen LogP contribution is -1.99. The van der Waals surface area contributed by atoms with Crippen molar-refractivity contribution in [2.24, 2.45) is 0 Å². The molecule has 0 radical (unpaired) electrons. The van der Waals surface area contributed by atoms with Gasteiger partial charge >= 0.3 is 0 Å². The molecule has 3 aromatic rings. The van der Waals surface area contributed by atoms with E-state index in [1.54, 1.807) is 6.20 Å². The number of nitrogens with zero attached hydrogens (tertiary/aromatic N) is 3. The Morgan fingerprint density at radius 3 is 2.80 bits per heavy atom. The number of rotatable bonds is 2. The minimum atomic E-state index is 0.686. The summed E-state index contributed by atoms with van der Waals surface area (Å²) in [5, 5.41) is 4.11. The number of aromatic nitrogens is 3. The number of hydrogen-bond donors (Lipinski definition) is 1. The lowest BCUT2D eigenvalue weighted by atomic mass is 10.1. The number of pyridine rings is 1. The number of aryl methyl sites for hydroxylation is 1. The summed E-state index contributed by atoms with van der Waals surface area (Å²) in [6.07, 6.45) is 1.78. The van der Waals surface area contributed by atoms with Crippen LogP contribution in [0.4, 0.5) is 5.82 Å². The van der Waals surface area contributed by atoms with Crippen LogP contribution in [-0.4, -0.2) is 22.0 Å². The van der Waals surface area contributed by atoms with Gasteiger partial charge < -0.3 is 5.32 Å². The van der Waals surface area contributed by atoms with Crippen LogP contribution >= 0.6 is 15.9 Å². The maximum absolute atomic E-state index is 4.53. The second-order valence-electron chi connectivity index (χ2n) is 4.46. The third-order valence-corrected chi connectivity index (χ3v) is 3.76. The highest BCUT2D eigenvalue weighted by Gasteiger charge is 2.11. The molecule has 3 rings (SSSR count). The molecule has 0 saturated heterocycles. The van der Waals surface area contributed by atoms with Crippen LogP contribution in [0.25, 0.3) is 22.3 Å². The fourth-order valence-corrected chi connectivity index (χ4v) is 2.59. The van der Waals surface area contributed by atoms with Crippen molar-refractivity contribution in [2.75, 3.05) is 12.4 Å². The maximum Gasteiger partial charge on any atom is 0.163 e. The molecule has 0 aliphatic heterocycles. The van der Waals surface area contributed by atoms with Crippen molar-refractivity contribution >= 4 is 32.7 Å². The van der Waals surface area contributed by atoms with Crippen molar-refractivity contribution in [1.82, 2.24) is 15.0 Å². The monoisotopic (exact) mass is 328 g/mol. The van der Waals surface area contributed by atoms with Gasteiger partial charge in [-0.1, -0.05) is 22.0 Å². The largest absolute Gasteiger partial charge is 0.373 e. The quantitative estimate of drug-likeness (QED) is 0.777. The van der Waals surface area contributed by atoms with Gasteiger partial charge in [0.1, 0.15) is 5.82 Å². The first-order valence-electron chi connectivity index (χ1n) is 6.26. The first kappa shape index (κ1) is 13.0. The zero-order valence-corrected chi connectivity index (χ0v) is 12.8. The van der Waals surface area contributed by atoms with Gasteiger partial charge in [0.05, 0.1) is 5.52 Å². The number of nitrogens with one attached hydrogen (secondary N) is 1. The third kappa shape index (κ3) is 2.25. The maximum atomic E-state index is 4.53. The highest BCUT2D eigenvalue weighted by atomic mass is 79.9. The number of benzene rings is 1. The summed E-state index contributed by atoms with van der Waals surface area (Å²) in [4.78, 5) is 13.5. The highest BCUT2D eigenvalue weighted by Crippen LogP contribution is 2.30. The Morgan fingerprint density at radius 2 is 2.00 bits per heavy atom. The standard InChI is InChI=1S/C15H13BrN4/c1-9-8-13(17-2)20-15(19-9)11-5-6-12(16)10-4-3-7-18-14(10)11/h3-8H,1-2H3,(H,17,19,20). The highest BCUT2D eigenvalue weighted by molar-refractivity contribution is 9.10. The van der Waals surface area contributed by atoms with Crippen LogP contribution in [0.1, 0.15) is 5.69 Å². The van der Waals surface area contributed by atoms with Crippen LogP contribution in [0.15, 0.2) is 41.0 Å². The number of halogens is 1. The van der Waals surface area contributed by atoms with Gasteiger partial charge in [0.2, 0.25) is 0 Å². The Balaban J connectivity index is 2.30. The summed E-state index contributed by atoms with van der Waals surface area (Å²) in [7, 11) is 1.85. The normalized spacial score (nSPS) is 10.8. The molecule has 0 bridgehead atoms. The van der Waals surface area contributed by atoms with Crippen molar-refractivity contribution < 1.29 is 0 Å². The van der Waals surface area contributed by atoms with Gasteiger partial charge in [0, 0.05) is 40.4 Å². The molecule has 100 valence electrons. The average molecular weight is 329 g/mol. The molecular weight excluding hydrogens is 316 g/mol. The average Bonchev–Trinajstić information content (AvgIpc) is 2.47. The number of fused-ring (bicyclic) bond motifs is 1. The van der Waals surface area contributed by atoms with Crippen LogP contribution in [-0.2, 0) is 0 Å². The third-order valence-electron chi connectivity index (χ3n) is 3.07. The van der Waals surface area contributed by atoms with Crippen molar-refractivity contribution in [3.8, 4) is 11.4 Å². The zero-order chi connectivity index (χ0) is 14.1. The summed E-state index contributed by atoms with van der Waals surface area (Å²) >= 11 is 3.55. The van der Waals surface area contributed by atoms with Crippen molar-refractivity contribution in [3.63, 3.8) is 0 Å². The number of anilines is 1. The molecule has 0 spiro atoms. The van der Waals surface area contributed by atoms with Gasteiger partial charge in [-0.05, 0) is 25.1 Å². The molecule has 4 nitrogen and oxygen atoms in total. The van der Waals surface area contributed by atoms with E-state index < -0.39 is 0 Å². The molecule has 1 aromatic carbocycles. The predicted molar refractivity (Wildman–Crippen MR) is 84.8 cm³/mol. The molecule has 2 aromatic heterocycles. The molecule has 5 heteroatoms. The predicted octanol–water partition coefficient (Wildman–Crippen LogP) is 3.80. The summed E-state index contributed by atoms with van der Waals surface area (Å²) in [6, 6.07) is 9.87. The molecule has 0 amide bonds. The summed E-state index contributed by atoms with van der Waals surface area (Å²) in [5.74, 6) is 1.49. The van der Waals surface area contributed by atoms with E-state index in [0.29, 0.717) is 5.82 Å². The fourth-order valence-electron chi connectivity index (χ4n) is 2.14. The van der Waals surface area contributed by atoms with E-state index in [4.69, 9.17) is 0 Å². The smallest absolute Gasteiger partial charge is 0.163 e. The summed E-state index contributed by atoms with van der Waals surface area (Å²) in [6.45, 7) is 1.96. The minimum Gasteiger partial charge on any atom is -0.373 e. The molecule has 0 unspecified atom stereocenters. The van der Waals surface area contributed by atoms with E-state index in [1.165, 1.54) is 0 Å². The lowest BCUT2D eigenvalue weighted by molar-refractivity contribution is 1.11. The molecule has 0 saturated carbocycles. The first-order valence-corrected chi connectivity index (χ1v) is 7.05. The topological polar surface area (TPSA) is 50.7 Å². The molecule has 0 aliphatic rings. The Hall–Kier alpha value is -2.01. The van der Waals surface area contributed by atoms with Gasteiger partial charge in [-0.15, -0.1) is 0 Å². The van der Waals surface area contributed by atoms with Gasteiger partial charge in [-0.25, -0.2) is 9.97 Å².